The molecule has 1 saturated heterocycles. The van der Waals surface area contributed by atoms with E-state index in [4.69, 9.17) is 0 Å². The topological polar surface area (TPSA) is 32.3 Å². The summed E-state index contributed by atoms with van der Waals surface area (Å²) in [7, 11) is 0. The van der Waals surface area contributed by atoms with Crippen molar-refractivity contribution < 1.29 is 4.79 Å². The summed E-state index contributed by atoms with van der Waals surface area (Å²) in [5, 5.41) is 3.31. The van der Waals surface area contributed by atoms with Crippen LogP contribution in [0.15, 0.2) is 24.3 Å². The van der Waals surface area contributed by atoms with E-state index in [0.717, 1.165) is 13.0 Å². The molecule has 0 saturated carbocycles. The second kappa shape index (κ2) is 6.20. The van der Waals surface area contributed by atoms with E-state index in [1.165, 1.54) is 17.5 Å². The van der Waals surface area contributed by atoms with Gasteiger partial charge in [0.25, 0.3) is 0 Å². The number of carbonyl (C=O) groups excluding carboxylic acids is 1. The van der Waals surface area contributed by atoms with Crippen LogP contribution in [-0.2, 0) is 4.79 Å². The molecule has 0 bridgehead atoms. The third-order valence-electron chi connectivity index (χ3n) is 3.65. The number of carbonyl (C=O) groups is 1. The highest BCUT2D eigenvalue weighted by molar-refractivity contribution is 5.80. The highest BCUT2D eigenvalue weighted by Crippen LogP contribution is 2.23. The van der Waals surface area contributed by atoms with Crippen LogP contribution in [0, 0.1) is 12.8 Å². The van der Waals surface area contributed by atoms with Gasteiger partial charge in [-0.2, -0.15) is 0 Å². The fourth-order valence-corrected chi connectivity index (χ4v) is 2.51. The lowest BCUT2D eigenvalue weighted by atomic mass is 10.1. The van der Waals surface area contributed by atoms with Gasteiger partial charge >= 0.3 is 0 Å². The van der Waals surface area contributed by atoms with Crippen LogP contribution in [0.25, 0.3) is 0 Å². The first-order valence-electron chi connectivity index (χ1n) is 7.17. The minimum absolute atomic E-state index is 0.0558. The van der Waals surface area contributed by atoms with Crippen molar-refractivity contribution in [3.8, 4) is 0 Å². The van der Waals surface area contributed by atoms with Crippen molar-refractivity contribution >= 4 is 5.91 Å². The molecule has 104 valence electrons. The van der Waals surface area contributed by atoms with Crippen molar-refractivity contribution in [3.05, 3.63) is 35.4 Å². The van der Waals surface area contributed by atoms with Gasteiger partial charge in [0.15, 0.2) is 0 Å². The number of nitrogens with one attached hydrogen (secondary N) is 1. The van der Waals surface area contributed by atoms with Gasteiger partial charge < -0.3 is 4.90 Å². The molecular formula is C16H24N2O. The Kier molecular flexibility index (Phi) is 4.59. The van der Waals surface area contributed by atoms with Crippen molar-refractivity contribution in [2.75, 3.05) is 13.1 Å². The van der Waals surface area contributed by atoms with Crippen LogP contribution < -0.4 is 5.32 Å². The molecule has 1 atom stereocenters. The molecule has 1 heterocycles. The van der Waals surface area contributed by atoms with Crippen LogP contribution in [0.5, 0.6) is 0 Å². The van der Waals surface area contributed by atoms with Crippen molar-refractivity contribution in [1.82, 2.24) is 10.2 Å². The fourth-order valence-electron chi connectivity index (χ4n) is 2.51. The second-order valence-electron chi connectivity index (χ2n) is 5.82. The first kappa shape index (κ1) is 14.1. The maximum atomic E-state index is 12.0. The van der Waals surface area contributed by atoms with Crippen LogP contribution in [0.2, 0.25) is 0 Å². The molecule has 1 aliphatic rings. The zero-order chi connectivity index (χ0) is 13.8. The summed E-state index contributed by atoms with van der Waals surface area (Å²) in [5.41, 5.74) is 2.43. The van der Waals surface area contributed by atoms with Crippen molar-refractivity contribution in [2.45, 2.75) is 39.8 Å². The molecule has 1 aromatic carbocycles. The second-order valence-corrected chi connectivity index (χ2v) is 5.82. The Morgan fingerprint density at radius 2 is 2.00 bits per heavy atom. The molecule has 0 aliphatic carbocycles. The average Bonchev–Trinajstić information content (AvgIpc) is 2.72. The molecule has 1 N–H and O–H groups in total. The van der Waals surface area contributed by atoms with Crippen LogP contribution in [0.1, 0.15) is 44.0 Å². The minimum Gasteiger partial charge on any atom is -0.322 e. The van der Waals surface area contributed by atoms with Crippen molar-refractivity contribution in [3.63, 3.8) is 0 Å². The first-order valence-corrected chi connectivity index (χ1v) is 7.17. The largest absolute Gasteiger partial charge is 0.322 e. The summed E-state index contributed by atoms with van der Waals surface area (Å²) in [5.74, 6) is 0.915. The van der Waals surface area contributed by atoms with Crippen LogP contribution in [0.4, 0.5) is 0 Å². The number of amides is 1. The predicted octanol–water partition coefficient (Wildman–Crippen LogP) is 2.86. The SMILES string of the molecule is Cc1ccc(C2NCC(=O)N2CCCC(C)C)cc1. The van der Waals surface area contributed by atoms with Gasteiger partial charge in [-0.25, -0.2) is 0 Å². The highest BCUT2D eigenvalue weighted by atomic mass is 16.2. The molecule has 0 radical (unpaired) electrons. The summed E-state index contributed by atoms with van der Waals surface area (Å²) >= 11 is 0. The standard InChI is InChI=1S/C16H24N2O/c1-12(2)5-4-10-18-15(19)11-17-16(18)14-8-6-13(3)7-9-14/h6-9,12,16-17H,4-5,10-11H2,1-3H3. The lowest BCUT2D eigenvalue weighted by Gasteiger charge is -2.25. The summed E-state index contributed by atoms with van der Waals surface area (Å²) in [4.78, 5) is 13.9. The molecule has 0 aromatic heterocycles. The Bertz CT molecular complexity index is 425. The van der Waals surface area contributed by atoms with E-state index in [-0.39, 0.29) is 12.1 Å². The Labute approximate surface area is 116 Å². The molecule has 0 spiro atoms. The molecule has 1 aliphatic heterocycles. The maximum absolute atomic E-state index is 12.0. The monoisotopic (exact) mass is 260 g/mol. The fraction of sp³-hybridized carbons (Fsp3) is 0.562. The third-order valence-corrected chi connectivity index (χ3v) is 3.65. The average molecular weight is 260 g/mol. The lowest BCUT2D eigenvalue weighted by Crippen LogP contribution is -2.31. The normalized spacial score (nSPS) is 19.5. The molecule has 2 rings (SSSR count). The van der Waals surface area contributed by atoms with Gasteiger partial charge in [0, 0.05) is 6.54 Å². The predicted molar refractivity (Wildman–Crippen MR) is 77.7 cm³/mol. The first-order chi connectivity index (χ1) is 9.08. The Balaban J connectivity index is 2.02. The summed E-state index contributed by atoms with van der Waals surface area (Å²) in [6.45, 7) is 7.84. The Morgan fingerprint density at radius 1 is 1.32 bits per heavy atom. The zero-order valence-electron chi connectivity index (χ0n) is 12.1. The van der Waals surface area contributed by atoms with E-state index >= 15 is 0 Å². The van der Waals surface area contributed by atoms with Gasteiger partial charge in [-0.3, -0.25) is 10.1 Å². The van der Waals surface area contributed by atoms with Gasteiger partial charge in [-0.1, -0.05) is 43.7 Å². The van der Waals surface area contributed by atoms with Gasteiger partial charge in [0.1, 0.15) is 6.17 Å². The molecule has 3 heteroatoms. The van der Waals surface area contributed by atoms with E-state index < -0.39 is 0 Å². The van der Waals surface area contributed by atoms with E-state index in [1.54, 1.807) is 0 Å². The highest BCUT2D eigenvalue weighted by Gasteiger charge is 2.30. The summed E-state index contributed by atoms with van der Waals surface area (Å²) < 4.78 is 0. The van der Waals surface area contributed by atoms with Crippen LogP contribution in [-0.4, -0.2) is 23.9 Å². The van der Waals surface area contributed by atoms with E-state index in [0.29, 0.717) is 12.5 Å². The van der Waals surface area contributed by atoms with E-state index in [1.807, 2.05) is 4.90 Å². The zero-order valence-corrected chi connectivity index (χ0v) is 12.1. The quantitative estimate of drug-likeness (QED) is 0.883. The van der Waals surface area contributed by atoms with Gasteiger partial charge in [-0.15, -0.1) is 0 Å². The lowest BCUT2D eigenvalue weighted by molar-refractivity contribution is -0.128. The number of nitrogens with zero attached hydrogens (tertiary/aromatic N) is 1. The van der Waals surface area contributed by atoms with E-state index in [9.17, 15) is 4.79 Å². The van der Waals surface area contributed by atoms with Crippen LogP contribution >= 0.6 is 0 Å². The minimum atomic E-state index is 0.0558. The Hall–Kier alpha value is -1.35. The molecule has 1 unspecified atom stereocenters. The number of hydrogen-bond donors (Lipinski definition) is 1. The van der Waals surface area contributed by atoms with Gasteiger partial charge in [-0.05, 0) is 31.2 Å². The summed E-state index contributed by atoms with van der Waals surface area (Å²) in [6.07, 6.45) is 2.30. The number of rotatable bonds is 5. The van der Waals surface area contributed by atoms with Crippen molar-refractivity contribution in [1.29, 1.82) is 0 Å². The molecular weight excluding hydrogens is 236 g/mol. The van der Waals surface area contributed by atoms with E-state index in [2.05, 4.69) is 50.4 Å². The van der Waals surface area contributed by atoms with Crippen molar-refractivity contribution in [2.24, 2.45) is 5.92 Å². The maximum Gasteiger partial charge on any atom is 0.238 e. The summed E-state index contributed by atoms with van der Waals surface area (Å²) in [6, 6.07) is 8.43. The molecule has 19 heavy (non-hydrogen) atoms. The van der Waals surface area contributed by atoms with Gasteiger partial charge in [0.05, 0.1) is 6.54 Å². The third kappa shape index (κ3) is 3.57. The smallest absolute Gasteiger partial charge is 0.238 e. The molecule has 1 fully saturated rings. The number of hydrogen-bond acceptors (Lipinski definition) is 2. The van der Waals surface area contributed by atoms with Crippen LogP contribution in [0.3, 0.4) is 0 Å². The number of benzene rings is 1. The molecule has 1 amide bonds. The number of aryl methyl sites for hydroxylation is 1. The molecule has 3 nitrogen and oxygen atoms in total. The molecule has 1 aromatic rings. The Morgan fingerprint density at radius 3 is 2.63 bits per heavy atom. The van der Waals surface area contributed by atoms with Gasteiger partial charge in [0.2, 0.25) is 5.91 Å².